The van der Waals surface area contributed by atoms with Crippen LogP contribution in [0.1, 0.15) is 31.2 Å². The average molecular weight is 468 g/mol. The van der Waals surface area contributed by atoms with Crippen LogP contribution in [0, 0.1) is 5.92 Å². The summed E-state index contributed by atoms with van der Waals surface area (Å²) < 4.78 is 17.0. The van der Waals surface area contributed by atoms with Gasteiger partial charge in [-0.05, 0) is 55.5 Å². The van der Waals surface area contributed by atoms with Gasteiger partial charge in [0.2, 0.25) is 5.91 Å². The van der Waals surface area contributed by atoms with Gasteiger partial charge in [-0.3, -0.25) is 4.79 Å². The van der Waals surface area contributed by atoms with Crippen LogP contribution in [-0.2, 0) is 16.1 Å². The fourth-order valence-electron chi connectivity index (χ4n) is 4.30. The Morgan fingerprint density at radius 2 is 1.85 bits per heavy atom. The number of amides is 3. The summed E-state index contributed by atoms with van der Waals surface area (Å²) in [6, 6.07) is 15.0. The maximum atomic E-state index is 12.7. The second-order valence-corrected chi connectivity index (χ2v) is 8.71. The molecule has 0 bridgehead atoms. The molecule has 1 unspecified atom stereocenters. The molecule has 0 aliphatic carbocycles. The van der Waals surface area contributed by atoms with Crippen LogP contribution < -0.4 is 20.1 Å². The highest BCUT2D eigenvalue weighted by Gasteiger charge is 2.27. The molecule has 2 aliphatic heterocycles. The molecule has 0 spiro atoms. The first-order chi connectivity index (χ1) is 16.6. The van der Waals surface area contributed by atoms with Crippen molar-refractivity contribution in [2.75, 3.05) is 38.7 Å². The van der Waals surface area contributed by atoms with Crippen LogP contribution >= 0.6 is 0 Å². The summed E-state index contributed by atoms with van der Waals surface area (Å²) in [5.41, 5.74) is 1.71. The molecule has 0 aromatic heterocycles. The number of benzene rings is 2. The van der Waals surface area contributed by atoms with E-state index in [1.165, 1.54) is 0 Å². The average Bonchev–Trinajstić information content (AvgIpc) is 3.40. The number of para-hydroxylation sites is 1. The zero-order valence-corrected chi connectivity index (χ0v) is 19.6. The molecule has 2 aromatic rings. The maximum absolute atomic E-state index is 12.7. The Kier molecular flexibility index (Phi) is 8.25. The third-order valence-electron chi connectivity index (χ3n) is 6.32. The van der Waals surface area contributed by atoms with Gasteiger partial charge in [0.05, 0.1) is 13.2 Å². The third kappa shape index (κ3) is 6.41. The molecular weight excluding hydrogens is 434 g/mol. The van der Waals surface area contributed by atoms with Gasteiger partial charge < -0.3 is 29.7 Å². The van der Waals surface area contributed by atoms with E-state index >= 15 is 0 Å². The van der Waals surface area contributed by atoms with Gasteiger partial charge in [0, 0.05) is 37.8 Å². The molecule has 8 nitrogen and oxygen atoms in total. The summed E-state index contributed by atoms with van der Waals surface area (Å²) in [7, 11) is 1.61. The minimum Gasteiger partial charge on any atom is -0.493 e. The summed E-state index contributed by atoms with van der Waals surface area (Å²) in [6.07, 6.45) is 3.52. The van der Waals surface area contributed by atoms with Crippen LogP contribution in [0.2, 0.25) is 0 Å². The first-order valence-corrected chi connectivity index (χ1v) is 11.9. The molecule has 2 fully saturated rings. The van der Waals surface area contributed by atoms with Gasteiger partial charge in [-0.2, -0.15) is 0 Å². The summed E-state index contributed by atoms with van der Waals surface area (Å²) in [6.45, 7) is 2.83. The molecule has 1 atom stereocenters. The lowest BCUT2D eigenvalue weighted by atomic mass is 9.96. The smallest absolute Gasteiger partial charge is 0.321 e. The van der Waals surface area contributed by atoms with E-state index in [0.29, 0.717) is 50.6 Å². The van der Waals surface area contributed by atoms with Crippen LogP contribution in [0.25, 0.3) is 0 Å². The summed E-state index contributed by atoms with van der Waals surface area (Å²) >= 11 is 0. The topological polar surface area (TPSA) is 89.1 Å². The molecule has 2 heterocycles. The Hall–Kier alpha value is -3.26. The lowest BCUT2D eigenvalue weighted by Gasteiger charge is -2.31. The Labute approximate surface area is 200 Å². The van der Waals surface area contributed by atoms with Crippen molar-refractivity contribution in [3.05, 3.63) is 54.1 Å². The molecule has 4 rings (SSSR count). The zero-order chi connectivity index (χ0) is 23.8. The molecule has 2 aliphatic rings. The number of carbonyl (C=O) groups excluding carboxylic acids is 2. The zero-order valence-electron chi connectivity index (χ0n) is 19.6. The standard InChI is InChI=1S/C26H33N3O5/c1-32-24-16-19(9-10-23(24)34-18-22-8-5-15-33-22)17-27-25(30)20-11-13-29(14-12-20)26(31)28-21-6-3-2-4-7-21/h2-4,6-7,9-10,16,20,22H,5,8,11-15,17-18H2,1H3,(H,27,30)(H,28,31). The van der Waals surface area contributed by atoms with Crippen LogP contribution in [0.5, 0.6) is 11.5 Å². The van der Waals surface area contributed by atoms with E-state index in [9.17, 15) is 9.59 Å². The van der Waals surface area contributed by atoms with Crippen LogP contribution in [0.4, 0.5) is 10.5 Å². The largest absolute Gasteiger partial charge is 0.493 e. The van der Waals surface area contributed by atoms with Crippen molar-refractivity contribution in [2.45, 2.75) is 38.3 Å². The number of urea groups is 1. The van der Waals surface area contributed by atoms with Gasteiger partial charge in [-0.1, -0.05) is 24.3 Å². The first-order valence-electron chi connectivity index (χ1n) is 11.9. The fourth-order valence-corrected chi connectivity index (χ4v) is 4.30. The molecule has 0 radical (unpaired) electrons. The Balaban J connectivity index is 1.21. The molecule has 0 saturated carbocycles. The predicted molar refractivity (Wildman–Crippen MR) is 129 cm³/mol. The first kappa shape index (κ1) is 23.9. The van der Waals surface area contributed by atoms with E-state index in [1.807, 2.05) is 48.5 Å². The molecule has 182 valence electrons. The highest BCUT2D eigenvalue weighted by molar-refractivity contribution is 5.89. The minimum atomic E-state index is -0.126. The van der Waals surface area contributed by atoms with E-state index in [1.54, 1.807) is 12.0 Å². The quantitative estimate of drug-likeness (QED) is 0.616. The molecule has 3 amide bonds. The van der Waals surface area contributed by atoms with E-state index < -0.39 is 0 Å². The van der Waals surface area contributed by atoms with Crippen LogP contribution in [-0.4, -0.2) is 56.4 Å². The molecule has 34 heavy (non-hydrogen) atoms. The number of likely N-dealkylation sites (tertiary alicyclic amines) is 1. The van der Waals surface area contributed by atoms with E-state index in [2.05, 4.69) is 10.6 Å². The van der Waals surface area contributed by atoms with Crippen molar-refractivity contribution >= 4 is 17.6 Å². The van der Waals surface area contributed by atoms with Gasteiger partial charge in [-0.15, -0.1) is 0 Å². The summed E-state index contributed by atoms with van der Waals surface area (Å²) in [4.78, 5) is 26.9. The van der Waals surface area contributed by atoms with Crippen LogP contribution in [0.3, 0.4) is 0 Å². The second kappa shape index (κ2) is 11.7. The number of ether oxygens (including phenoxy) is 3. The monoisotopic (exact) mass is 467 g/mol. The highest BCUT2D eigenvalue weighted by Crippen LogP contribution is 2.29. The number of nitrogens with zero attached hydrogens (tertiary/aromatic N) is 1. The van der Waals surface area contributed by atoms with Crippen LogP contribution in [0.15, 0.2) is 48.5 Å². The van der Waals surface area contributed by atoms with Gasteiger partial charge in [0.25, 0.3) is 0 Å². The summed E-state index contributed by atoms with van der Waals surface area (Å²) in [5.74, 6) is 1.23. The van der Waals surface area contributed by atoms with Crippen molar-refractivity contribution in [1.29, 1.82) is 0 Å². The Morgan fingerprint density at radius 3 is 2.56 bits per heavy atom. The minimum absolute atomic E-state index is 0.0146. The lowest BCUT2D eigenvalue weighted by molar-refractivity contribution is -0.126. The van der Waals surface area contributed by atoms with E-state index in [-0.39, 0.29) is 24.0 Å². The van der Waals surface area contributed by atoms with Crippen molar-refractivity contribution in [2.24, 2.45) is 5.92 Å². The second-order valence-electron chi connectivity index (χ2n) is 8.71. The SMILES string of the molecule is COc1cc(CNC(=O)C2CCN(C(=O)Nc3ccccc3)CC2)ccc1OCC1CCCO1. The fraction of sp³-hybridized carbons (Fsp3) is 0.462. The number of hydrogen-bond acceptors (Lipinski definition) is 5. The van der Waals surface area contributed by atoms with Crippen molar-refractivity contribution in [3.63, 3.8) is 0 Å². The number of anilines is 1. The van der Waals surface area contributed by atoms with Crippen molar-refractivity contribution in [3.8, 4) is 11.5 Å². The molecule has 8 heteroatoms. The number of carbonyl (C=O) groups is 2. The predicted octanol–water partition coefficient (Wildman–Crippen LogP) is 3.81. The van der Waals surface area contributed by atoms with E-state index in [0.717, 1.165) is 30.7 Å². The number of rotatable bonds is 8. The third-order valence-corrected chi connectivity index (χ3v) is 6.32. The molecular formula is C26H33N3O5. The maximum Gasteiger partial charge on any atom is 0.321 e. The van der Waals surface area contributed by atoms with Gasteiger partial charge >= 0.3 is 6.03 Å². The summed E-state index contributed by atoms with van der Waals surface area (Å²) in [5, 5.41) is 5.93. The Bertz CT molecular complexity index is 954. The van der Waals surface area contributed by atoms with E-state index in [4.69, 9.17) is 14.2 Å². The normalized spacial score (nSPS) is 18.4. The lowest BCUT2D eigenvalue weighted by Crippen LogP contribution is -2.44. The number of nitrogens with one attached hydrogen (secondary N) is 2. The highest BCUT2D eigenvalue weighted by atomic mass is 16.5. The van der Waals surface area contributed by atoms with Gasteiger partial charge in [-0.25, -0.2) is 4.79 Å². The Morgan fingerprint density at radius 1 is 1.06 bits per heavy atom. The number of piperidine rings is 1. The number of methoxy groups -OCH3 is 1. The van der Waals surface area contributed by atoms with Gasteiger partial charge in [0.15, 0.2) is 11.5 Å². The number of hydrogen-bond donors (Lipinski definition) is 2. The van der Waals surface area contributed by atoms with Crippen molar-refractivity contribution in [1.82, 2.24) is 10.2 Å². The van der Waals surface area contributed by atoms with Crippen molar-refractivity contribution < 1.29 is 23.8 Å². The molecule has 2 aromatic carbocycles. The molecule has 2 saturated heterocycles. The molecule has 2 N–H and O–H groups in total. The van der Waals surface area contributed by atoms with Gasteiger partial charge in [0.1, 0.15) is 6.61 Å².